The SMILES string of the molecule is CCC(C)(C)NC(=O)C(c1cccc(OC)c1OC)N(C(=O)CCC(=O)Nc1cc(C)on1)c1c(C)cc(C)cc1C. The molecule has 3 rings (SSSR count). The number of nitrogens with zero attached hydrogens (tertiary/aromatic N) is 2. The van der Waals surface area contributed by atoms with Gasteiger partial charge in [0.2, 0.25) is 17.7 Å². The number of ether oxygens (including phenoxy) is 2. The van der Waals surface area contributed by atoms with Crippen LogP contribution in [0, 0.1) is 27.7 Å². The summed E-state index contributed by atoms with van der Waals surface area (Å²) in [5, 5.41) is 9.56. The van der Waals surface area contributed by atoms with E-state index in [1.54, 1.807) is 31.2 Å². The van der Waals surface area contributed by atoms with Crippen LogP contribution in [0.25, 0.3) is 0 Å². The van der Waals surface area contributed by atoms with Crippen LogP contribution in [0.15, 0.2) is 40.9 Å². The van der Waals surface area contributed by atoms with Gasteiger partial charge in [0.05, 0.1) is 19.9 Å². The number of benzene rings is 2. The maximum absolute atomic E-state index is 14.3. The summed E-state index contributed by atoms with van der Waals surface area (Å²) in [6.45, 7) is 13.3. The van der Waals surface area contributed by atoms with E-state index in [2.05, 4.69) is 15.8 Å². The van der Waals surface area contributed by atoms with Crippen molar-refractivity contribution >= 4 is 29.2 Å². The highest BCUT2D eigenvalue weighted by Gasteiger charge is 2.38. The van der Waals surface area contributed by atoms with Crippen LogP contribution < -0.4 is 25.0 Å². The highest BCUT2D eigenvalue weighted by molar-refractivity contribution is 6.04. The van der Waals surface area contributed by atoms with Gasteiger partial charge < -0.3 is 24.6 Å². The maximum atomic E-state index is 14.3. The fourth-order valence-electron chi connectivity index (χ4n) is 4.94. The van der Waals surface area contributed by atoms with E-state index in [-0.39, 0.29) is 24.6 Å². The van der Waals surface area contributed by atoms with E-state index >= 15 is 0 Å². The molecule has 0 saturated heterocycles. The molecule has 10 nitrogen and oxygen atoms in total. The molecule has 1 heterocycles. The second kappa shape index (κ2) is 13.5. The van der Waals surface area contributed by atoms with Crippen LogP contribution in [-0.4, -0.2) is 42.6 Å². The van der Waals surface area contributed by atoms with Crippen molar-refractivity contribution in [3.8, 4) is 11.5 Å². The molecule has 0 spiro atoms. The summed E-state index contributed by atoms with van der Waals surface area (Å²) in [6.07, 6.45) is 0.372. The molecule has 10 heteroatoms. The molecule has 0 bridgehead atoms. The zero-order valence-electron chi connectivity index (χ0n) is 26.0. The van der Waals surface area contributed by atoms with Crippen LogP contribution in [-0.2, 0) is 14.4 Å². The maximum Gasteiger partial charge on any atom is 0.248 e. The van der Waals surface area contributed by atoms with Crippen molar-refractivity contribution in [2.45, 2.75) is 79.3 Å². The second-order valence-electron chi connectivity index (χ2n) is 11.1. The molecule has 226 valence electrons. The number of carbonyl (C=O) groups excluding carboxylic acids is 3. The van der Waals surface area contributed by atoms with Gasteiger partial charge in [0.25, 0.3) is 0 Å². The van der Waals surface area contributed by atoms with Gasteiger partial charge in [-0.2, -0.15) is 0 Å². The Morgan fingerprint density at radius 3 is 2.21 bits per heavy atom. The third-order valence-corrected chi connectivity index (χ3v) is 7.19. The summed E-state index contributed by atoms with van der Waals surface area (Å²) in [6, 6.07) is 9.64. The first kappa shape index (κ1) is 32.2. The number of nitrogens with one attached hydrogen (secondary N) is 2. The van der Waals surface area contributed by atoms with Crippen molar-refractivity contribution in [3.63, 3.8) is 0 Å². The number of rotatable bonds is 12. The molecule has 3 aromatic rings. The molecule has 2 aromatic carbocycles. The zero-order valence-corrected chi connectivity index (χ0v) is 26.0. The van der Waals surface area contributed by atoms with E-state index in [4.69, 9.17) is 14.0 Å². The predicted octanol–water partition coefficient (Wildman–Crippen LogP) is 5.72. The fourth-order valence-corrected chi connectivity index (χ4v) is 4.94. The second-order valence-corrected chi connectivity index (χ2v) is 11.1. The van der Waals surface area contributed by atoms with Gasteiger partial charge in [-0.3, -0.25) is 19.3 Å². The van der Waals surface area contributed by atoms with Crippen LogP contribution in [0.1, 0.15) is 74.1 Å². The van der Waals surface area contributed by atoms with Crippen LogP contribution in [0.3, 0.4) is 0 Å². The molecule has 1 atom stereocenters. The van der Waals surface area contributed by atoms with Gasteiger partial charge in [0.15, 0.2) is 17.3 Å². The first-order valence-corrected chi connectivity index (χ1v) is 14.0. The minimum Gasteiger partial charge on any atom is -0.493 e. The van der Waals surface area contributed by atoms with Gasteiger partial charge in [-0.1, -0.05) is 41.9 Å². The smallest absolute Gasteiger partial charge is 0.248 e. The van der Waals surface area contributed by atoms with E-state index < -0.39 is 23.4 Å². The third kappa shape index (κ3) is 7.48. The van der Waals surface area contributed by atoms with Gasteiger partial charge in [0, 0.05) is 30.0 Å². The number of carbonyl (C=O) groups is 3. The topological polar surface area (TPSA) is 123 Å². The normalized spacial score (nSPS) is 11.9. The van der Waals surface area contributed by atoms with Crippen LogP contribution >= 0.6 is 0 Å². The van der Waals surface area contributed by atoms with E-state index in [0.717, 1.165) is 16.7 Å². The Morgan fingerprint density at radius 1 is 1.00 bits per heavy atom. The monoisotopic (exact) mass is 578 g/mol. The van der Waals surface area contributed by atoms with Crippen molar-refractivity contribution in [2.75, 3.05) is 24.4 Å². The number of aryl methyl sites for hydroxylation is 4. The van der Waals surface area contributed by atoms with Gasteiger partial charge in [-0.15, -0.1) is 0 Å². The van der Waals surface area contributed by atoms with Gasteiger partial charge in [0.1, 0.15) is 11.8 Å². The lowest BCUT2D eigenvalue weighted by atomic mass is 9.95. The molecule has 2 N–H and O–H groups in total. The summed E-state index contributed by atoms with van der Waals surface area (Å²) in [5.74, 6) is 0.394. The van der Waals surface area contributed by atoms with E-state index in [1.165, 1.54) is 19.1 Å². The fraction of sp³-hybridized carbons (Fsp3) is 0.438. The van der Waals surface area contributed by atoms with Crippen LogP contribution in [0.2, 0.25) is 0 Å². The number of hydrogen-bond acceptors (Lipinski definition) is 7. The van der Waals surface area contributed by atoms with Crippen molar-refractivity contribution in [1.82, 2.24) is 10.5 Å². The largest absolute Gasteiger partial charge is 0.493 e. The van der Waals surface area contributed by atoms with Crippen molar-refractivity contribution in [3.05, 3.63) is 64.4 Å². The van der Waals surface area contributed by atoms with Crippen molar-refractivity contribution < 1.29 is 28.4 Å². The van der Waals surface area contributed by atoms with Crippen molar-refractivity contribution in [2.24, 2.45) is 0 Å². The van der Waals surface area contributed by atoms with Crippen molar-refractivity contribution in [1.29, 1.82) is 0 Å². The molecule has 0 aliphatic heterocycles. The molecule has 0 fully saturated rings. The van der Waals surface area contributed by atoms with Gasteiger partial charge in [-0.05, 0) is 65.2 Å². The van der Waals surface area contributed by atoms with Gasteiger partial charge >= 0.3 is 0 Å². The Bertz CT molecular complexity index is 1420. The Labute approximate surface area is 247 Å². The number of aromatic nitrogens is 1. The quantitative estimate of drug-likeness (QED) is 0.282. The third-order valence-electron chi connectivity index (χ3n) is 7.19. The minimum atomic E-state index is -1.13. The number of anilines is 2. The molecule has 1 aromatic heterocycles. The van der Waals surface area contributed by atoms with Crippen LogP contribution in [0.5, 0.6) is 11.5 Å². The highest BCUT2D eigenvalue weighted by atomic mass is 16.5. The molecule has 3 amide bonds. The molecule has 42 heavy (non-hydrogen) atoms. The number of hydrogen-bond donors (Lipinski definition) is 2. The standard InChI is InChI=1S/C32H42N4O6/c1-10-32(6,7)34-31(39)29(23-12-11-13-24(40-8)30(23)41-9)36(28-20(3)16-19(2)17-21(28)4)27(38)15-14-26(37)33-25-18-22(5)42-35-25/h11-13,16-18,29H,10,14-15H2,1-9H3,(H,34,39)(H,33,35,37). The summed E-state index contributed by atoms with van der Waals surface area (Å²) in [7, 11) is 3.01. The molecular formula is C32H42N4O6. The molecular weight excluding hydrogens is 536 g/mol. The van der Waals surface area contributed by atoms with Gasteiger partial charge in [-0.25, -0.2) is 0 Å². The molecule has 0 radical (unpaired) electrons. The minimum absolute atomic E-state index is 0.130. The predicted molar refractivity (Wildman–Crippen MR) is 162 cm³/mol. The number of para-hydroxylation sites is 1. The number of methoxy groups -OCH3 is 2. The van der Waals surface area contributed by atoms with Crippen LogP contribution in [0.4, 0.5) is 11.5 Å². The zero-order chi connectivity index (χ0) is 31.2. The lowest BCUT2D eigenvalue weighted by Crippen LogP contribution is -2.51. The average Bonchev–Trinajstić information content (AvgIpc) is 3.33. The highest BCUT2D eigenvalue weighted by Crippen LogP contribution is 2.41. The lowest BCUT2D eigenvalue weighted by molar-refractivity contribution is -0.128. The average molecular weight is 579 g/mol. The van der Waals surface area contributed by atoms with E-state index in [0.29, 0.717) is 34.9 Å². The summed E-state index contributed by atoms with van der Waals surface area (Å²) < 4.78 is 16.3. The van der Waals surface area contributed by atoms with E-state index in [1.807, 2.05) is 53.7 Å². The summed E-state index contributed by atoms with van der Waals surface area (Å²) >= 11 is 0. The Balaban J connectivity index is 2.16. The Hall–Kier alpha value is -4.34. The summed E-state index contributed by atoms with van der Waals surface area (Å²) in [4.78, 5) is 42.8. The first-order chi connectivity index (χ1) is 19.8. The Kier molecular flexibility index (Phi) is 10.4. The van der Waals surface area contributed by atoms with E-state index in [9.17, 15) is 14.4 Å². The Morgan fingerprint density at radius 2 is 1.67 bits per heavy atom. The molecule has 1 unspecified atom stereocenters. The molecule has 0 aliphatic rings. The molecule has 0 saturated carbocycles. The first-order valence-electron chi connectivity index (χ1n) is 14.0. The molecule has 0 aliphatic carbocycles. The number of amides is 3. The lowest BCUT2D eigenvalue weighted by Gasteiger charge is -2.36. The summed E-state index contributed by atoms with van der Waals surface area (Å²) in [5.41, 5.74) is 3.16.